The van der Waals surface area contributed by atoms with Crippen LogP contribution in [0.3, 0.4) is 0 Å². The third-order valence-corrected chi connectivity index (χ3v) is 6.58. The van der Waals surface area contributed by atoms with Gasteiger partial charge in [0.25, 0.3) is 5.56 Å². The third kappa shape index (κ3) is 4.54. The van der Waals surface area contributed by atoms with Gasteiger partial charge < -0.3 is 26.0 Å². The average molecular weight is 474 g/mol. The van der Waals surface area contributed by atoms with Gasteiger partial charge in [-0.15, -0.1) is 12.4 Å². The quantitative estimate of drug-likeness (QED) is 0.318. The number of para-hydroxylation sites is 1. The van der Waals surface area contributed by atoms with Crippen molar-refractivity contribution in [1.82, 2.24) is 15.0 Å². The maximum Gasteiger partial charge on any atom is 0.263 e. The van der Waals surface area contributed by atoms with E-state index < -0.39 is 24.2 Å². The van der Waals surface area contributed by atoms with Crippen LogP contribution in [-0.2, 0) is 0 Å². The average Bonchev–Trinajstić information content (AvgIpc) is 3.03. The molecule has 0 bridgehead atoms. The molecule has 2 heterocycles. The fraction of sp³-hybridized carbons (Fsp3) is 0.435. The molecule has 0 aliphatic heterocycles. The number of nitrogens with zero attached hydrogens (tertiary/aromatic N) is 2. The van der Waals surface area contributed by atoms with Crippen molar-refractivity contribution >= 4 is 35.1 Å². The Morgan fingerprint density at radius 3 is 2.52 bits per heavy atom. The van der Waals surface area contributed by atoms with Gasteiger partial charge in [0.15, 0.2) is 0 Å². The molecule has 6 N–H and O–H groups in total. The topological polar surface area (TPSA) is 143 Å². The summed E-state index contributed by atoms with van der Waals surface area (Å²) in [6.07, 6.45) is 1.39. The molecule has 2 saturated carbocycles. The normalized spacial score (nSPS) is 24.8. The minimum Gasteiger partial charge on any atom is -0.396 e. The molecule has 2 aromatic heterocycles. The number of pyridine rings is 1. The number of hydrogen-bond acceptors (Lipinski definition) is 8. The van der Waals surface area contributed by atoms with Crippen molar-refractivity contribution in [3.8, 4) is 11.3 Å². The molecule has 3 aromatic rings. The van der Waals surface area contributed by atoms with E-state index in [-0.39, 0.29) is 42.0 Å². The summed E-state index contributed by atoms with van der Waals surface area (Å²) >= 11 is 0. The van der Waals surface area contributed by atoms with Crippen LogP contribution in [0.2, 0.25) is 0 Å². The van der Waals surface area contributed by atoms with Gasteiger partial charge in [-0.25, -0.2) is 4.98 Å². The van der Waals surface area contributed by atoms with E-state index in [1.54, 1.807) is 6.07 Å². The van der Waals surface area contributed by atoms with Crippen molar-refractivity contribution < 1.29 is 15.3 Å². The molecule has 2 aliphatic carbocycles. The van der Waals surface area contributed by atoms with E-state index in [0.717, 1.165) is 30.2 Å². The van der Waals surface area contributed by atoms with Crippen LogP contribution in [0.5, 0.6) is 0 Å². The van der Waals surface area contributed by atoms with Crippen LogP contribution < -0.4 is 16.2 Å². The molecule has 33 heavy (non-hydrogen) atoms. The van der Waals surface area contributed by atoms with E-state index in [0.29, 0.717) is 18.1 Å². The highest BCUT2D eigenvalue weighted by Crippen LogP contribution is 2.32. The Bertz CT molecular complexity index is 1180. The predicted molar refractivity (Wildman–Crippen MR) is 129 cm³/mol. The molecule has 0 saturated heterocycles. The van der Waals surface area contributed by atoms with Crippen LogP contribution in [0, 0.1) is 5.92 Å². The van der Waals surface area contributed by atoms with Crippen molar-refractivity contribution in [3.63, 3.8) is 0 Å². The van der Waals surface area contributed by atoms with Crippen LogP contribution in [0.15, 0.2) is 41.2 Å². The highest BCUT2D eigenvalue weighted by atomic mass is 35.5. The molecule has 4 atom stereocenters. The van der Waals surface area contributed by atoms with Crippen LogP contribution >= 0.6 is 12.4 Å². The van der Waals surface area contributed by atoms with Gasteiger partial charge in [0.1, 0.15) is 17.5 Å². The van der Waals surface area contributed by atoms with E-state index in [4.69, 9.17) is 0 Å². The standard InChI is InChI=1S/C23H27N5O4.ClH/c29-11-13-10-17(20(31)19(13)30)26-21-18(16-9-8-12-4-1-2-7-15(12)25-16)22(32)28-23(27-21)24-14-5-3-6-14;/h1-2,4,7-9,13-14,17,19-20,29-31H,3,5-6,10-11H2,(H3,24,26,27,28,32);1H/t13-,17-,19-,20+;/m1./s1. The second-order valence-corrected chi connectivity index (χ2v) is 8.71. The minimum absolute atomic E-state index is 0. The number of anilines is 2. The SMILES string of the molecule is Cl.O=c1[nH]c(NC2CCC2)nc(N[C@@H]2C[C@H](CO)[C@@H](O)[C@H]2O)c1-c1ccc2ccccc2n1. The lowest BCUT2D eigenvalue weighted by Gasteiger charge is -2.27. The number of H-pyrrole nitrogens is 1. The van der Waals surface area contributed by atoms with E-state index in [9.17, 15) is 20.1 Å². The molecule has 1 aromatic carbocycles. The largest absolute Gasteiger partial charge is 0.396 e. The molecule has 0 radical (unpaired) electrons. The maximum absolute atomic E-state index is 13.2. The number of aromatic amines is 1. The number of aliphatic hydroxyl groups excluding tert-OH is 3. The Morgan fingerprint density at radius 2 is 1.82 bits per heavy atom. The Kier molecular flexibility index (Phi) is 6.85. The third-order valence-electron chi connectivity index (χ3n) is 6.58. The number of rotatable bonds is 6. The number of nitrogens with one attached hydrogen (secondary N) is 3. The van der Waals surface area contributed by atoms with Crippen molar-refractivity contribution in [2.75, 3.05) is 17.2 Å². The summed E-state index contributed by atoms with van der Waals surface area (Å²) < 4.78 is 0. The van der Waals surface area contributed by atoms with Gasteiger partial charge in [-0.1, -0.05) is 24.3 Å². The van der Waals surface area contributed by atoms with Gasteiger partial charge in [0.05, 0.1) is 23.4 Å². The highest BCUT2D eigenvalue weighted by molar-refractivity contribution is 5.85. The molecule has 176 valence electrons. The first-order valence-corrected chi connectivity index (χ1v) is 11.0. The van der Waals surface area contributed by atoms with Crippen molar-refractivity contribution in [1.29, 1.82) is 0 Å². The van der Waals surface area contributed by atoms with Crippen molar-refractivity contribution in [2.45, 2.75) is 50.0 Å². The fourth-order valence-corrected chi connectivity index (χ4v) is 4.46. The minimum atomic E-state index is -1.09. The van der Waals surface area contributed by atoms with E-state index in [1.807, 2.05) is 30.3 Å². The van der Waals surface area contributed by atoms with E-state index >= 15 is 0 Å². The second-order valence-electron chi connectivity index (χ2n) is 8.71. The molecular formula is C23H28ClN5O4. The van der Waals surface area contributed by atoms with Gasteiger partial charge >= 0.3 is 0 Å². The molecule has 5 rings (SSSR count). The van der Waals surface area contributed by atoms with Crippen LogP contribution in [0.1, 0.15) is 25.7 Å². The molecular weight excluding hydrogens is 446 g/mol. The summed E-state index contributed by atoms with van der Waals surface area (Å²) in [5, 5.41) is 37.6. The number of aromatic nitrogens is 3. The van der Waals surface area contributed by atoms with Gasteiger partial charge in [-0.2, -0.15) is 4.98 Å². The van der Waals surface area contributed by atoms with Gasteiger partial charge in [0, 0.05) is 24.0 Å². The summed E-state index contributed by atoms with van der Waals surface area (Å²) in [7, 11) is 0. The van der Waals surface area contributed by atoms with Gasteiger partial charge in [-0.3, -0.25) is 9.78 Å². The molecule has 2 fully saturated rings. The molecule has 10 heteroatoms. The zero-order chi connectivity index (χ0) is 22.2. The molecule has 0 amide bonds. The first-order chi connectivity index (χ1) is 15.5. The second kappa shape index (κ2) is 9.64. The van der Waals surface area contributed by atoms with Crippen LogP contribution in [0.25, 0.3) is 22.2 Å². The fourth-order valence-electron chi connectivity index (χ4n) is 4.46. The number of benzene rings is 1. The van der Waals surface area contributed by atoms with Crippen LogP contribution in [-0.4, -0.2) is 61.2 Å². The molecule has 9 nitrogen and oxygen atoms in total. The number of fused-ring (bicyclic) bond motifs is 1. The summed E-state index contributed by atoms with van der Waals surface area (Å²) in [5.41, 5.74) is 1.13. The lowest BCUT2D eigenvalue weighted by Crippen LogP contribution is -2.36. The Hall–Kier alpha value is -2.72. The number of hydrogen-bond donors (Lipinski definition) is 6. The number of aliphatic hydroxyl groups is 3. The Labute approximate surface area is 196 Å². The van der Waals surface area contributed by atoms with Gasteiger partial charge in [-0.05, 0) is 37.8 Å². The zero-order valence-corrected chi connectivity index (χ0v) is 18.8. The summed E-state index contributed by atoms with van der Waals surface area (Å²) in [4.78, 5) is 25.2. The first kappa shape index (κ1) is 23.4. The van der Waals surface area contributed by atoms with Crippen molar-refractivity contribution in [3.05, 3.63) is 46.8 Å². The number of halogens is 1. The summed E-state index contributed by atoms with van der Waals surface area (Å²) in [6, 6.07) is 11.0. The zero-order valence-electron chi connectivity index (χ0n) is 17.9. The molecule has 0 unspecified atom stereocenters. The first-order valence-electron chi connectivity index (χ1n) is 11.0. The molecule has 2 aliphatic rings. The predicted octanol–water partition coefficient (Wildman–Crippen LogP) is 1.89. The Balaban J connectivity index is 0.00000259. The van der Waals surface area contributed by atoms with Crippen LogP contribution in [0.4, 0.5) is 11.8 Å². The van der Waals surface area contributed by atoms with Gasteiger partial charge in [0.2, 0.25) is 5.95 Å². The lowest BCUT2D eigenvalue weighted by atomic mass is 9.93. The summed E-state index contributed by atoms with van der Waals surface area (Å²) in [6.45, 7) is -0.229. The van der Waals surface area contributed by atoms with Crippen molar-refractivity contribution in [2.24, 2.45) is 5.92 Å². The maximum atomic E-state index is 13.2. The monoisotopic (exact) mass is 473 g/mol. The van der Waals surface area contributed by atoms with E-state index in [1.165, 1.54) is 0 Å². The lowest BCUT2D eigenvalue weighted by molar-refractivity contribution is 0.00446. The van der Waals surface area contributed by atoms with E-state index in [2.05, 4.69) is 25.6 Å². The Morgan fingerprint density at radius 1 is 1.03 bits per heavy atom. The molecule has 0 spiro atoms. The summed E-state index contributed by atoms with van der Waals surface area (Å²) in [5.74, 6) is 0.200. The highest BCUT2D eigenvalue weighted by Gasteiger charge is 2.41. The smallest absolute Gasteiger partial charge is 0.263 e.